The molecule has 2 amide bonds. The second-order valence-corrected chi connectivity index (χ2v) is 8.83. The first-order chi connectivity index (χ1) is 16.7. The Hall–Kier alpha value is -3.23. The minimum Gasteiger partial charge on any atom is -0.467 e. The van der Waals surface area contributed by atoms with E-state index in [1.807, 2.05) is 74.5 Å². The van der Waals surface area contributed by atoms with Gasteiger partial charge in [-0.25, -0.2) is 4.79 Å². The molecule has 0 saturated carbocycles. The van der Waals surface area contributed by atoms with E-state index in [1.165, 1.54) is 7.11 Å². The first-order valence-electron chi connectivity index (χ1n) is 11.9. The molecule has 190 valence electrons. The number of rotatable bonds is 13. The maximum atomic E-state index is 13.1. The monoisotopic (exact) mass is 483 g/mol. The van der Waals surface area contributed by atoms with Gasteiger partial charge >= 0.3 is 5.97 Å². The van der Waals surface area contributed by atoms with Crippen molar-refractivity contribution in [1.29, 1.82) is 0 Å². The second-order valence-electron chi connectivity index (χ2n) is 8.83. The fourth-order valence-corrected chi connectivity index (χ4v) is 3.74. The van der Waals surface area contributed by atoms with Crippen LogP contribution in [-0.2, 0) is 32.0 Å². The minimum absolute atomic E-state index is 0.205. The summed E-state index contributed by atoms with van der Waals surface area (Å²) < 4.78 is 4.87. The van der Waals surface area contributed by atoms with Crippen LogP contribution in [0.1, 0.15) is 37.8 Å². The van der Waals surface area contributed by atoms with Gasteiger partial charge in [0.1, 0.15) is 12.1 Å². The molecule has 0 aliphatic rings. The van der Waals surface area contributed by atoms with E-state index in [0.717, 1.165) is 11.1 Å². The number of methoxy groups -OCH3 is 1. The Labute approximate surface area is 207 Å². The Bertz CT molecular complexity index is 938. The normalized spacial score (nSPS) is 15.2. The van der Waals surface area contributed by atoms with E-state index in [1.54, 1.807) is 0 Å². The third-order valence-corrected chi connectivity index (χ3v) is 6.10. The maximum Gasteiger partial charge on any atom is 0.328 e. The van der Waals surface area contributed by atoms with Crippen molar-refractivity contribution >= 4 is 17.8 Å². The number of esters is 1. The maximum absolute atomic E-state index is 13.1. The number of carbonyl (C=O) groups is 3. The summed E-state index contributed by atoms with van der Waals surface area (Å²) in [7, 11) is 1.26. The highest BCUT2D eigenvalue weighted by atomic mass is 16.5. The molecule has 0 spiro atoms. The zero-order valence-electron chi connectivity index (χ0n) is 20.6. The summed E-state index contributed by atoms with van der Waals surface area (Å²) in [5.74, 6) is -1.75. The summed E-state index contributed by atoms with van der Waals surface area (Å²) in [6.07, 6.45) is -0.00994. The molecular formula is C27H37N3O5. The zero-order chi connectivity index (χ0) is 25.8. The van der Waals surface area contributed by atoms with E-state index in [9.17, 15) is 19.5 Å². The number of carbonyl (C=O) groups excluding carboxylic acids is 3. The molecule has 8 nitrogen and oxygen atoms in total. The van der Waals surface area contributed by atoms with Crippen LogP contribution in [0.2, 0.25) is 0 Å². The Morgan fingerprint density at radius 1 is 0.943 bits per heavy atom. The highest BCUT2D eigenvalue weighted by Crippen LogP contribution is 2.12. The van der Waals surface area contributed by atoms with Crippen LogP contribution in [-0.4, -0.2) is 54.2 Å². The van der Waals surface area contributed by atoms with Crippen molar-refractivity contribution in [1.82, 2.24) is 10.6 Å². The molecule has 5 atom stereocenters. The molecular weight excluding hydrogens is 446 g/mol. The number of amides is 2. The van der Waals surface area contributed by atoms with Crippen LogP contribution >= 0.6 is 0 Å². The molecule has 5 N–H and O–H groups in total. The number of benzene rings is 2. The van der Waals surface area contributed by atoms with Crippen molar-refractivity contribution in [2.24, 2.45) is 11.7 Å². The van der Waals surface area contributed by atoms with Gasteiger partial charge in [0.2, 0.25) is 11.8 Å². The number of nitrogens with one attached hydrogen (secondary N) is 2. The lowest BCUT2D eigenvalue weighted by atomic mass is 9.96. The van der Waals surface area contributed by atoms with Gasteiger partial charge < -0.3 is 26.2 Å². The molecule has 0 saturated heterocycles. The molecule has 0 bridgehead atoms. The molecule has 0 heterocycles. The van der Waals surface area contributed by atoms with Gasteiger partial charge in [0.05, 0.1) is 19.6 Å². The van der Waals surface area contributed by atoms with E-state index in [-0.39, 0.29) is 18.8 Å². The third-order valence-electron chi connectivity index (χ3n) is 6.10. The molecule has 2 rings (SSSR count). The van der Waals surface area contributed by atoms with Gasteiger partial charge in [-0.05, 0) is 23.5 Å². The second kappa shape index (κ2) is 14.2. The Morgan fingerprint density at radius 3 is 2.00 bits per heavy atom. The van der Waals surface area contributed by atoms with Crippen molar-refractivity contribution in [3.8, 4) is 0 Å². The van der Waals surface area contributed by atoms with Crippen LogP contribution in [0.3, 0.4) is 0 Å². The van der Waals surface area contributed by atoms with Crippen molar-refractivity contribution < 1.29 is 24.2 Å². The number of ether oxygens (including phenoxy) is 1. The largest absolute Gasteiger partial charge is 0.467 e. The van der Waals surface area contributed by atoms with Crippen molar-refractivity contribution in [3.05, 3.63) is 71.8 Å². The summed E-state index contributed by atoms with van der Waals surface area (Å²) in [6, 6.07) is 16.3. The van der Waals surface area contributed by atoms with Crippen LogP contribution < -0.4 is 16.4 Å². The lowest BCUT2D eigenvalue weighted by Gasteiger charge is -2.27. The number of nitrogens with two attached hydrogens (primary N) is 1. The number of aliphatic hydroxyl groups excluding tert-OH is 1. The van der Waals surface area contributed by atoms with Crippen LogP contribution in [0.25, 0.3) is 0 Å². The average Bonchev–Trinajstić information content (AvgIpc) is 2.86. The quantitative estimate of drug-likeness (QED) is 0.321. The van der Waals surface area contributed by atoms with E-state index in [0.29, 0.717) is 12.8 Å². The fraction of sp³-hybridized carbons (Fsp3) is 0.444. The van der Waals surface area contributed by atoms with E-state index < -0.39 is 42.0 Å². The average molecular weight is 484 g/mol. The molecule has 0 radical (unpaired) electrons. The van der Waals surface area contributed by atoms with Gasteiger partial charge in [0.25, 0.3) is 0 Å². The molecule has 0 unspecified atom stereocenters. The van der Waals surface area contributed by atoms with E-state index >= 15 is 0 Å². The third kappa shape index (κ3) is 9.15. The first kappa shape index (κ1) is 28.0. The predicted octanol–water partition coefficient (Wildman–Crippen LogP) is 1.74. The van der Waals surface area contributed by atoms with Crippen molar-refractivity contribution in [3.63, 3.8) is 0 Å². The molecule has 0 aliphatic carbocycles. The highest BCUT2D eigenvalue weighted by molar-refractivity contribution is 5.91. The summed E-state index contributed by atoms with van der Waals surface area (Å²) in [4.78, 5) is 38.2. The summed E-state index contributed by atoms with van der Waals surface area (Å²) in [6.45, 7) is 3.75. The Morgan fingerprint density at radius 2 is 1.49 bits per heavy atom. The summed E-state index contributed by atoms with van der Waals surface area (Å²) in [5.41, 5.74) is 7.93. The molecule has 2 aromatic carbocycles. The molecule has 35 heavy (non-hydrogen) atoms. The predicted molar refractivity (Wildman–Crippen MR) is 134 cm³/mol. The van der Waals surface area contributed by atoms with Gasteiger partial charge in [0.15, 0.2) is 0 Å². The lowest BCUT2D eigenvalue weighted by Crippen LogP contribution is -2.55. The highest BCUT2D eigenvalue weighted by Gasteiger charge is 2.31. The Kier molecular flexibility index (Phi) is 11.4. The molecule has 2 aromatic rings. The van der Waals surface area contributed by atoms with Crippen molar-refractivity contribution in [2.75, 3.05) is 7.11 Å². The smallest absolute Gasteiger partial charge is 0.328 e. The van der Waals surface area contributed by atoms with E-state index in [2.05, 4.69) is 10.6 Å². The molecule has 0 aromatic heterocycles. The Balaban J connectivity index is 2.02. The zero-order valence-corrected chi connectivity index (χ0v) is 20.6. The summed E-state index contributed by atoms with van der Waals surface area (Å²) >= 11 is 0. The summed E-state index contributed by atoms with van der Waals surface area (Å²) in [5, 5.41) is 15.9. The minimum atomic E-state index is -1.07. The number of hydrogen-bond acceptors (Lipinski definition) is 6. The fourth-order valence-electron chi connectivity index (χ4n) is 3.74. The van der Waals surface area contributed by atoms with Crippen LogP contribution in [0, 0.1) is 5.92 Å². The first-order valence-corrected chi connectivity index (χ1v) is 11.9. The van der Waals surface area contributed by atoms with Gasteiger partial charge in [-0.2, -0.15) is 0 Å². The van der Waals surface area contributed by atoms with Gasteiger partial charge in [-0.1, -0.05) is 80.9 Å². The van der Waals surface area contributed by atoms with Crippen molar-refractivity contribution in [2.45, 2.75) is 63.8 Å². The standard InChI is InChI=1S/C27H37N3O5/c1-4-18(2)25(26(33)29-22(27(34)35-3)16-20-13-9-6-10-14-20)30-24(32)17-23(31)21(28)15-19-11-7-5-8-12-19/h5-14,18,21-23,25,31H,4,15-17,28H2,1-3H3,(H,29,33)(H,30,32)/t18-,21-,22-,23-,25-/m0/s1. The van der Waals surface area contributed by atoms with Crippen LogP contribution in [0.4, 0.5) is 0 Å². The lowest BCUT2D eigenvalue weighted by molar-refractivity contribution is -0.145. The van der Waals surface area contributed by atoms with E-state index in [4.69, 9.17) is 10.5 Å². The molecule has 0 fully saturated rings. The number of hydrogen-bond donors (Lipinski definition) is 4. The number of aliphatic hydroxyl groups is 1. The molecule has 0 aliphatic heterocycles. The van der Waals surface area contributed by atoms with Crippen LogP contribution in [0.15, 0.2) is 60.7 Å². The van der Waals surface area contributed by atoms with Gasteiger partial charge in [-0.15, -0.1) is 0 Å². The topological polar surface area (TPSA) is 131 Å². The van der Waals surface area contributed by atoms with Crippen LogP contribution in [0.5, 0.6) is 0 Å². The van der Waals surface area contributed by atoms with Gasteiger partial charge in [0, 0.05) is 12.5 Å². The SMILES string of the molecule is CC[C@H](C)[C@H](NC(=O)C[C@H](O)[C@@H](N)Cc1ccccc1)C(=O)N[C@@H](Cc1ccccc1)C(=O)OC. The van der Waals surface area contributed by atoms with Gasteiger partial charge in [-0.3, -0.25) is 9.59 Å². The molecule has 8 heteroatoms.